The number of rotatable bonds is 9. The number of hydrogen-bond donors (Lipinski definition) is 0. The maximum Gasteiger partial charge on any atom is 0.143 e. The SMILES string of the molecule is CC(C)c1cc[c-]c(N2[CH-]N(C)c3nccnc32)c1.CC1=C(C)N(c2[c-]cccn2)[CH-]N1CCCCN1[CH-]N(c2[c-]cccn2)C(C)=C1C.[Ir]. The fraction of sp³-hybridized carbons (Fsp3) is 0.308. The normalized spacial score (nSPS) is 15.6. The number of nitrogens with zero attached hydrogens (tertiary/aromatic N) is 10. The van der Waals surface area contributed by atoms with E-state index in [1.807, 2.05) is 53.8 Å². The Balaban J connectivity index is 0.000000209. The quantitative estimate of drug-likeness (QED) is 0.124. The summed E-state index contributed by atoms with van der Waals surface area (Å²) in [6.45, 7) is 21.2. The maximum atomic E-state index is 4.43. The predicted octanol–water partition coefficient (Wildman–Crippen LogP) is 7.65. The molecule has 4 aromatic rings. The van der Waals surface area contributed by atoms with Crippen molar-refractivity contribution in [2.24, 2.45) is 0 Å². The topological polar surface area (TPSA) is 71.0 Å². The summed E-state index contributed by atoms with van der Waals surface area (Å²) < 4.78 is 0. The Morgan fingerprint density at radius 3 is 1.68 bits per heavy atom. The first kappa shape index (κ1) is 36.8. The third-order valence-electron chi connectivity index (χ3n) is 9.08. The minimum Gasteiger partial charge on any atom is -0.505 e. The van der Waals surface area contributed by atoms with Crippen LogP contribution in [-0.4, -0.2) is 49.9 Å². The molecule has 3 aromatic heterocycles. The molecule has 6 heterocycles. The molecule has 7 rings (SSSR count). The molecule has 1 radical (unpaired) electrons. The fourth-order valence-corrected chi connectivity index (χ4v) is 5.90. The number of fused-ring (bicyclic) bond motifs is 1. The largest absolute Gasteiger partial charge is 0.505 e. The van der Waals surface area contributed by atoms with Gasteiger partial charge in [-0.1, -0.05) is 26.2 Å². The van der Waals surface area contributed by atoms with Gasteiger partial charge in [0.2, 0.25) is 0 Å². The molecule has 0 saturated heterocycles. The van der Waals surface area contributed by atoms with Gasteiger partial charge < -0.3 is 29.4 Å². The molecule has 10 nitrogen and oxygen atoms in total. The van der Waals surface area contributed by atoms with E-state index in [1.54, 1.807) is 24.8 Å². The van der Waals surface area contributed by atoms with E-state index in [-0.39, 0.29) is 20.1 Å². The molecular formula is C39H44IrN10-6. The third kappa shape index (κ3) is 7.95. The second-order valence-corrected chi connectivity index (χ2v) is 12.6. The van der Waals surface area contributed by atoms with Crippen LogP contribution in [0.15, 0.2) is 90.0 Å². The molecule has 0 amide bonds. The Morgan fingerprint density at radius 1 is 0.640 bits per heavy atom. The van der Waals surface area contributed by atoms with Crippen molar-refractivity contribution in [3.63, 3.8) is 0 Å². The van der Waals surface area contributed by atoms with Crippen LogP contribution in [0.2, 0.25) is 0 Å². The van der Waals surface area contributed by atoms with Crippen molar-refractivity contribution in [2.75, 3.05) is 39.7 Å². The number of anilines is 5. The third-order valence-corrected chi connectivity index (χ3v) is 9.08. The van der Waals surface area contributed by atoms with Crippen molar-refractivity contribution >= 4 is 29.0 Å². The molecule has 3 aliphatic heterocycles. The summed E-state index contributed by atoms with van der Waals surface area (Å²) in [6.07, 6.45) is 9.25. The Hall–Kier alpha value is -4.47. The van der Waals surface area contributed by atoms with Gasteiger partial charge in [-0.2, -0.15) is 49.2 Å². The number of unbranched alkanes of at least 4 members (excludes halogenated alkanes) is 1. The molecule has 11 heteroatoms. The minimum atomic E-state index is 0. The molecule has 0 aliphatic carbocycles. The summed E-state index contributed by atoms with van der Waals surface area (Å²) in [6, 6.07) is 23.5. The summed E-state index contributed by atoms with van der Waals surface area (Å²) in [5.74, 6) is 3.89. The van der Waals surface area contributed by atoms with Gasteiger partial charge in [-0.15, -0.1) is 18.4 Å². The first-order valence-corrected chi connectivity index (χ1v) is 16.7. The van der Waals surface area contributed by atoms with Gasteiger partial charge in [0.05, 0.1) is 0 Å². The van der Waals surface area contributed by atoms with Gasteiger partial charge in [-0.25, -0.2) is 34.2 Å². The van der Waals surface area contributed by atoms with Gasteiger partial charge in [-0.05, 0) is 78.0 Å². The summed E-state index contributed by atoms with van der Waals surface area (Å²) in [7, 11) is 1.97. The van der Waals surface area contributed by atoms with E-state index in [4.69, 9.17) is 0 Å². The number of aromatic nitrogens is 4. The van der Waals surface area contributed by atoms with Gasteiger partial charge in [0.15, 0.2) is 0 Å². The van der Waals surface area contributed by atoms with Crippen LogP contribution in [0.5, 0.6) is 0 Å². The summed E-state index contributed by atoms with van der Waals surface area (Å²) in [5, 5.41) is 0. The zero-order valence-electron chi connectivity index (χ0n) is 29.8. The number of allylic oxidation sites excluding steroid dienone is 4. The number of pyridine rings is 2. The zero-order valence-corrected chi connectivity index (χ0v) is 32.2. The van der Waals surface area contributed by atoms with E-state index in [9.17, 15) is 0 Å². The summed E-state index contributed by atoms with van der Waals surface area (Å²) in [5.41, 5.74) is 7.24. The van der Waals surface area contributed by atoms with Crippen LogP contribution >= 0.6 is 0 Å². The Morgan fingerprint density at radius 2 is 1.18 bits per heavy atom. The van der Waals surface area contributed by atoms with Crippen molar-refractivity contribution in [1.82, 2.24) is 29.7 Å². The molecule has 0 atom stereocenters. The second-order valence-electron chi connectivity index (χ2n) is 12.6. The molecule has 3 aliphatic rings. The van der Waals surface area contributed by atoms with Gasteiger partial charge in [0, 0.05) is 55.5 Å². The Kier molecular flexibility index (Phi) is 12.1. The molecule has 0 spiro atoms. The average molecular weight is 845 g/mol. The van der Waals surface area contributed by atoms with E-state index in [0.717, 1.165) is 54.9 Å². The Bertz CT molecular complexity index is 1700. The maximum absolute atomic E-state index is 4.43. The first-order valence-electron chi connectivity index (χ1n) is 16.7. The number of benzene rings is 1. The molecule has 0 unspecified atom stereocenters. The summed E-state index contributed by atoms with van der Waals surface area (Å²) in [4.78, 5) is 30.5. The van der Waals surface area contributed by atoms with E-state index < -0.39 is 0 Å². The van der Waals surface area contributed by atoms with Crippen molar-refractivity contribution in [1.29, 1.82) is 0 Å². The molecule has 0 fully saturated rings. The molecule has 0 bridgehead atoms. The van der Waals surface area contributed by atoms with Crippen molar-refractivity contribution in [2.45, 2.75) is 60.3 Å². The van der Waals surface area contributed by atoms with Crippen LogP contribution in [0.1, 0.15) is 65.9 Å². The smallest absolute Gasteiger partial charge is 0.143 e. The van der Waals surface area contributed by atoms with Gasteiger partial charge in [0.25, 0.3) is 0 Å². The average Bonchev–Trinajstić information content (AvgIpc) is 3.73. The minimum absolute atomic E-state index is 0. The van der Waals surface area contributed by atoms with Crippen molar-refractivity contribution < 1.29 is 20.1 Å². The Labute approximate surface area is 311 Å². The molecule has 0 saturated carbocycles. The molecule has 1 aromatic carbocycles. The van der Waals surface area contributed by atoms with Gasteiger partial charge in [0.1, 0.15) is 11.6 Å². The standard InChI is InChI=1S/C24H28N6.C15H16N4.Ir/c1-19-21(3)29(23-11-5-7-13-25-23)17-27(19)15-9-10-16-28-18-30(22(4)20(28)2)24-12-6-8-14-26-24;1-11(2)12-5-4-6-13(9-12)19-10-18(3)14-15(19)17-8-7-16-14;/h5-8,13-14,17-18H,9-10,15-16H2,1-4H3;4-5,7-11H,1-3H3;/q-4;-2;. The van der Waals surface area contributed by atoms with Crippen LogP contribution in [-0.2, 0) is 20.1 Å². The van der Waals surface area contributed by atoms with Crippen molar-refractivity contribution in [3.05, 3.63) is 134 Å². The van der Waals surface area contributed by atoms with E-state index in [0.29, 0.717) is 5.92 Å². The molecule has 265 valence electrons. The van der Waals surface area contributed by atoms with E-state index >= 15 is 0 Å². The van der Waals surface area contributed by atoms with Crippen molar-refractivity contribution in [3.8, 4) is 0 Å². The molecular weight excluding hydrogens is 801 g/mol. The van der Waals surface area contributed by atoms with E-state index in [1.165, 1.54) is 28.4 Å². The van der Waals surface area contributed by atoms with Crippen LogP contribution in [0.3, 0.4) is 0 Å². The van der Waals surface area contributed by atoms with Crippen LogP contribution in [0.4, 0.5) is 29.0 Å². The first-order chi connectivity index (χ1) is 23.7. The monoisotopic (exact) mass is 845 g/mol. The van der Waals surface area contributed by atoms with Crippen LogP contribution in [0, 0.1) is 38.2 Å². The molecule has 0 N–H and O–H groups in total. The van der Waals surface area contributed by atoms with Gasteiger partial charge in [-0.3, -0.25) is 9.97 Å². The zero-order chi connectivity index (χ0) is 34.5. The van der Waals surface area contributed by atoms with Gasteiger partial charge >= 0.3 is 0 Å². The van der Waals surface area contributed by atoms with Crippen LogP contribution in [0.25, 0.3) is 0 Å². The van der Waals surface area contributed by atoms with E-state index in [2.05, 4.69) is 125 Å². The fourth-order valence-electron chi connectivity index (χ4n) is 5.90. The summed E-state index contributed by atoms with van der Waals surface area (Å²) >= 11 is 0. The number of hydrogen-bond acceptors (Lipinski definition) is 10. The predicted molar refractivity (Wildman–Crippen MR) is 195 cm³/mol. The van der Waals surface area contributed by atoms with Crippen LogP contribution < -0.4 is 19.6 Å². The molecule has 50 heavy (non-hydrogen) atoms. The second kappa shape index (κ2) is 16.5.